The Morgan fingerprint density at radius 3 is 2.23 bits per heavy atom. The van der Waals surface area contributed by atoms with Crippen LogP contribution in [0.1, 0.15) is 37.3 Å². The van der Waals surface area contributed by atoms with Crippen molar-refractivity contribution in [3.63, 3.8) is 0 Å². The molecule has 1 heterocycles. The number of nitrogens with one attached hydrogen (secondary N) is 1. The van der Waals surface area contributed by atoms with Crippen molar-refractivity contribution in [3.05, 3.63) is 29.3 Å². The van der Waals surface area contributed by atoms with E-state index in [1.807, 2.05) is 39.0 Å². The van der Waals surface area contributed by atoms with Gasteiger partial charge in [-0.25, -0.2) is 8.42 Å². The maximum absolute atomic E-state index is 12.9. The lowest BCUT2D eigenvalue weighted by Gasteiger charge is -2.34. The maximum atomic E-state index is 12.9. The zero-order valence-electron chi connectivity index (χ0n) is 16.4. The topological polar surface area (TPSA) is 69.7 Å². The van der Waals surface area contributed by atoms with E-state index in [2.05, 4.69) is 17.3 Å². The number of carbonyl (C=O) groups excluding carboxylic acids is 1. The number of amides is 1. The highest BCUT2D eigenvalue weighted by atomic mass is 32.2. The van der Waals surface area contributed by atoms with Crippen LogP contribution in [-0.2, 0) is 14.8 Å². The predicted molar refractivity (Wildman–Crippen MR) is 106 cm³/mol. The summed E-state index contributed by atoms with van der Waals surface area (Å²) in [6, 6.07) is 4.99. The van der Waals surface area contributed by atoms with Crippen LogP contribution in [0, 0.1) is 13.8 Å². The van der Waals surface area contributed by atoms with E-state index in [9.17, 15) is 13.2 Å². The summed E-state index contributed by atoms with van der Waals surface area (Å²) in [5, 5.41) is 3.07. The second kappa shape index (κ2) is 8.39. The standard InChI is InChI=1S/C19H31N3O3S/c1-6-18(19(23)20-16-7-9-21(4)10-8-16)22(26(5,24)25)17-12-14(2)11-15(3)13-17/h11-13,16,18H,6-10H2,1-5H3,(H,20,23). The van der Waals surface area contributed by atoms with Crippen molar-refractivity contribution in [1.82, 2.24) is 10.2 Å². The quantitative estimate of drug-likeness (QED) is 0.819. The molecule has 1 fully saturated rings. The van der Waals surface area contributed by atoms with E-state index in [4.69, 9.17) is 0 Å². The summed E-state index contributed by atoms with van der Waals surface area (Å²) in [4.78, 5) is 15.2. The van der Waals surface area contributed by atoms with Gasteiger partial charge in [-0.05, 0) is 76.5 Å². The van der Waals surface area contributed by atoms with E-state index in [0.717, 1.165) is 43.3 Å². The number of rotatable bonds is 6. The predicted octanol–water partition coefficient (Wildman–Crippen LogP) is 2.06. The maximum Gasteiger partial charge on any atom is 0.244 e. The summed E-state index contributed by atoms with van der Waals surface area (Å²) < 4.78 is 26.3. The van der Waals surface area contributed by atoms with Crippen molar-refractivity contribution >= 4 is 21.6 Å². The first-order chi connectivity index (χ1) is 12.1. The minimum Gasteiger partial charge on any atom is -0.351 e. The van der Waals surface area contributed by atoms with Crippen LogP contribution in [-0.4, -0.2) is 57.7 Å². The number of benzene rings is 1. The summed E-state index contributed by atoms with van der Waals surface area (Å²) in [7, 11) is -1.53. The number of piperidine rings is 1. The third-order valence-electron chi connectivity index (χ3n) is 4.86. The molecular weight excluding hydrogens is 350 g/mol. The molecule has 1 aromatic carbocycles. The number of likely N-dealkylation sites (tertiary alicyclic amines) is 1. The van der Waals surface area contributed by atoms with Crippen LogP contribution in [0.4, 0.5) is 5.69 Å². The number of nitrogens with zero attached hydrogens (tertiary/aromatic N) is 2. The summed E-state index contributed by atoms with van der Waals surface area (Å²) in [6.45, 7) is 7.58. The van der Waals surface area contributed by atoms with Crippen molar-refractivity contribution in [1.29, 1.82) is 0 Å². The van der Waals surface area contributed by atoms with Gasteiger partial charge in [0.25, 0.3) is 0 Å². The first-order valence-electron chi connectivity index (χ1n) is 9.18. The molecule has 26 heavy (non-hydrogen) atoms. The molecule has 1 saturated heterocycles. The van der Waals surface area contributed by atoms with E-state index in [-0.39, 0.29) is 11.9 Å². The number of hydrogen-bond donors (Lipinski definition) is 1. The Balaban J connectivity index is 2.28. The van der Waals surface area contributed by atoms with E-state index < -0.39 is 16.1 Å². The molecule has 1 aliphatic heterocycles. The molecule has 146 valence electrons. The van der Waals surface area contributed by atoms with Crippen molar-refractivity contribution in [2.24, 2.45) is 0 Å². The van der Waals surface area contributed by atoms with Gasteiger partial charge in [-0.15, -0.1) is 0 Å². The summed E-state index contributed by atoms with van der Waals surface area (Å²) in [5.41, 5.74) is 2.49. The summed E-state index contributed by atoms with van der Waals surface area (Å²) >= 11 is 0. The Hall–Kier alpha value is -1.60. The lowest BCUT2D eigenvalue weighted by atomic mass is 10.0. The van der Waals surface area contributed by atoms with Crippen LogP contribution in [0.25, 0.3) is 0 Å². The zero-order valence-corrected chi connectivity index (χ0v) is 17.3. The molecule has 0 saturated carbocycles. The smallest absolute Gasteiger partial charge is 0.244 e. The molecule has 0 aliphatic carbocycles. The fraction of sp³-hybridized carbons (Fsp3) is 0.632. The van der Waals surface area contributed by atoms with Gasteiger partial charge in [-0.3, -0.25) is 9.10 Å². The molecule has 0 bridgehead atoms. The molecule has 2 rings (SSSR count). The molecule has 1 unspecified atom stereocenters. The van der Waals surface area contributed by atoms with Crippen LogP contribution < -0.4 is 9.62 Å². The highest BCUT2D eigenvalue weighted by Gasteiger charge is 2.33. The van der Waals surface area contributed by atoms with Crippen molar-refractivity contribution < 1.29 is 13.2 Å². The van der Waals surface area contributed by atoms with Gasteiger partial charge < -0.3 is 10.2 Å². The third-order valence-corrected chi connectivity index (χ3v) is 6.04. The van der Waals surface area contributed by atoms with Crippen molar-refractivity contribution in [3.8, 4) is 0 Å². The number of carbonyl (C=O) groups is 1. The molecule has 1 aromatic rings. The average molecular weight is 382 g/mol. The summed E-state index contributed by atoms with van der Waals surface area (Å²) in [5.74, 6) is -0.216. The normalized spacial score (nSPS) is 17.7. The number of aryl methyl sites for hydroxylation is 2. The second-order valence-electron chi connectivity index (χ2n) is 7.41. The summed E-state index contributed by atoms with van der Waals surface area (Å²) in [6.07, 6.45) is 3.36. The zero-order chi connectivity index (χ0) is 19.5. The van der Waals surface area contributed by atoms with Gasteiger partial charge >= 0.3 is 0 Å². The first kappa shape index (κ1) is 20.7. The second-order valence-corrected chi connectivity index (χ2v) is 9.27. The molecule has 1 amide bonds. The van der Waals surface area contributed by atoms with Crippen LogP contribution in [0.3, 0.4) is 0 Å². The fourth-order valence-corrected chi connectivity index (χ4v) is 4.78. The average Bonchev–Trinajstić information content (AvgIpc) is 2.52. The Morgan fingerprint density at radius 2 is 1.77 bits per heavy atom. The van der Waals surface area contributed by atoms with E-state index in [1.54, 1.807) is 0 Å². The van der Waals surface area contributed by atoms with Gasteiger partial charge in [0, 0.05) is 6.04 Å². The van der Waals surface area contributed by atoms with Gasteiger partial charge in [0.1, 0.15) is 6.04 Å². The van der Waals surface area contributed by atoms with Crippen molar-refractivity contribution in [2.75, 3.05) is 30.7 Å². The number of anilines is 1. The SMILES string of the molecule is CCC(C(=O)NC1CCN(C)CC1)N(c1cc(C)cc(C)c1)S(C)(=O)=O. The Bertz CT molecular complexity index is 720. The molecule has 0 spiro atoms. The highest BCUT2D eigenvalue weighted by molar-refractivity contribution is 7.92. The van der Waals surface area contributed by atoms with Gasteiger partial charge in [0.05, 0.1) is 11.9 Å². The molecule has 7 heteroatoms. The van der Waals surface area contributed by atoms with Gasteiger partial charge in [0.2, 0.25) is 15.9 Å². The van der Waals surface area contributed by atoms with Crippen LogP contribution in [0.2, 0.25) is 0 Å². The van der Waals surface area contributed by atoms with Crippen molar-refractivity contribution in [2.45, 2.75) is 52.1 Å². The van der Waals surface area contributed by atoms with Crippen LogP contribution in [0.15, 0.2) is 18.2 Å². The van der Waals surface area contributed by atoms with E-state index in [1.165, 1.54) is 4.31 Å². The largest absolute Gasteiger partial charge is 0.351 e. The third kappa shape index (κ3) is 5.20. The molecule has 1 aliphatic rings. The fourth-order valence-electron chi connectivity index (χ4n) is 3.59. The Morgan fingerprint density at radius 1 is 1.23 bits per heavy atom. The minimum atomic E-state index is -3.59. The minimum absolute atomic E-state index is 0.105. The monoisotopic (exact) mass is 381 g/mol. The molecule has 0 aromatic heterocycles. The lowest BCUT2D eigenvalue weighted by Crippen LogP contribution is -2.53. The molecule has 1 atom stereocenters. The Kier molecular flexibility index (Phi) is 6.69. The van der Waals surface area contributed by atoms with E-state index >= 15 is 0 Å². The molecule has 1 N–H and O–H groups in total. The van der Waals surface area contributed by atoms with E-state index in [0.29, 0.717) is 12.1 Å². The van der Waals surface area contributed by atoms with Crippen LogP contribution >= 0.6 is 0 Å². The van der Waals surface area contributed by atoms with Gasteiger partial charge in [0.15, 0.2) is 0 Å². The van der Waals surface area contributed by atoms with Gasteiger partial charge in [-0.1, -0.05) is 13.0 Å². The highest BCUT2D eigenvalue weighted by Crippen LogP contribution is 2.25. The Labute approximate surface area is 157 Å². The first-order valence-corrected chi connectivity index (χ1v) is 11.0. The lowest BCUT2D eigenvalue weighted by molar-refractivity contribution is -0.123. The number of sulfonamides is 1. The molecular formula is C19H31N3O3S. The molecule has 6 nitrogen and oxygen atoms in total. The number of hydrogen-bond acceptors (Lipinski definition) is 4. The van der Waals surface area contributed by atoms with Gasteiger partial charge in [-0.2, -0.15) is 0 Å². The molecule has 0 radical (unpaired) electrons. The van der Waals surface area contributed by atoms with Crippen LogP contribution in [0.5, 0.6) is 0 Å².